The van der Waals surface area contributed by atoms with E-state index in [2.05, 4.69) is 23.7 Å². The van der Waals surface area contributed by atoms with Crippen LogP contribution in [0.1, 0.15) is 31.7 Å². The van der Waals surface area contributed by atoms with Crippen molar-refractivity contribution < 1.29 is 9.18 Å². The average molecular weight is 376 g/mol. The van der Waals surface area contributed by atoms with Gasteiger partial charge in [0.2, 0.25) is 5.91 Å². The molecule has 0 saturated carbocycles. The van der Waals surface area contributed by atoms with Crippen LogP contribution in [0.25, 0.3) is 11.3 Å². The molecular formula is C20H26FN3OS. The number of aromatic nitrogens is 1. The first-order chi connectivity index (χ1) is 12.6. The lowest BCUT2D eigenvalue weighted by Gasteiger charge is -2.35. The van der Waals surface area contributed by atoms with Gasteiger partial charge in [-0.25, -0.2) is 9.37 Å². The van der Waals surface area contributed by atoms with Crippen molar-refractivity contribution in [3.05, 3.63) is 40.5 Å². The Morgan fingerprint density at radius 2 is 1.81 bits per heavy atom. The average Bonchev–Trinajstić information content (AvgIpc) is 3.12. The molecule has 26 heavy (non-hydrogen) atoms. The molecule has 1 aromatic carbocycles. The van der Waals surface area contributed by atoms with E-state index < -0.39 is 0 Å². The first-order valence-corrected chi connectivity index (χ1v) is 10.2. The molecule has 1 fully saturated rings. The van der Waals surface area contributed by atoms with Crippen LogP contribution < -0.4 is 0 Å². The highest BCUT2D eigenvalue weighted by molar-refractivity contribution is 7.09. The zero-order valence-corrected chi connectivity index (χ0v) is 16.3. The van der Waals surface area contributed by atoms with Gasteiger partial charge in [0.15, 0.2) is 0 Å². The van der Waals surface area contributed by atoms with Gasteiger partial charge in [0.05, 0.1) is 12.2 Å². The second-order valence-corrected chi connectivity index (χ2v) is 7.69. The van der Waals surface area contributed by atoms with Gasteiger partial charge in [-0.2, -0.15) is 0 Å². The molecule has 0 spiro atoms. The van der Waals surface area contributed by atoms with Crippen molar-refractivity contribution in [1.82, 2.24) is 14.8 Å². The molecule has 140 valence electrons. The van der Waals surface area contributed by atoms with Crippen LogP contribution in [0.2, 0.25) is 0 Å². The number of nitrogens with zero attached hydrogens (tertiary/aromatic N) is 3. The number of hydrogen-bond acceptors (Lipinski definition) is 4. The zero-order chi connectivity index (χ0) is 18.5. The molecule has 1 aliphatic heterocycles. The quantitative estimate of drug-likeness (QED) is 0.765. The number of hydrogen-bond donors (Lipinski definition) is 0. The van der Waals surface area contributed by atoms with Crippen molar-refractivity contribution in [3.63, 3.8) is 0 Å². The number of benzene rings is 1. The van der Waals surface area contributed by atoms with Crippen LogP contribution >= 0.6 is 11.3 Å². The summed E-state index contributed by atoms with van der Waals surface area (Å²) in [5.74, 6) is 0.242. The lowest BCUT2D eigenvalue weighted by Crippen LogP contribution is -2.49. The summed E-state index contributed by atoms with van der Waals surface area (Å²) in [7, 11) is 0. The van der Waals surface area contributed by atoms with Gasteiger partial charge < -0.3 is 4.90 Å². The van der Waals surface area contributed by atoms with Gasteiger partial charge in [0.25, 0.3) is 0 Å². The highest BCUT2D eigenvalue weighted by Gasteiger charge is 2.25. The Morgan fingerprint density at radius 1 is 1.15 bits per heavy atom. The number of thiazole rings is 1. The summed E-state index contributed by atoms with van der Waals surface area (Å²) in [6, 6.07) is 6.45. The molecular weight excluding hydrogens is 349 g/mol. The van der Waals surface area contributed by atoms with Crippen LogP contribution in [0.3, 0.4) is 0 Å². The van der Waals surface area contributed by atoms with E-state index in [9.17, 15) is 9.18 Å². The van der Waals surface area contributed by atoms with Crippen molar-refractivity contribution in [2.75, 3.05) is 26.2 Å². The fraction of sp³-hybridized carbons (Fsp3) is 0.500. The highest BCUT2D eigenvalue weighted by Crippen LogP contribution is 2.23. The Bertz CT molecular complexity index is 719. The monoisotopic (exact) mass is 375 g/mol. The minimum atomic E-state index is -0.231. The Morgan fingerprint density at radius 3 is 2.42 bits per heavy atom. The molecule has 4 nitrogen and oxygen atoms in total. The molecule has 2 aromatic rings. The minimum absolute atomic E-state index is 0.166. The van der Waals surface area contributed by atoms with Crippen LogP contribution in [0.4, 0.5) is 4.39 Å². The summed E-state index contributed by atoms with van der Waals surface area (Å²) in [6.07, 6.45) is 1.83. The Labute approximate surface area is 158 Å². The summed E-state index contributed by atoms with van der Waals surface area (Å²) in [5, 5.41) is 3.08. The standard InChI is InChI=1S/C20H26FN3OS/c1-3-15(4-2)20(25)24-11-9-23(10-12-24)13-19-22-18(14-26-19)16-5-7-17(21)8-6-16/h5-8,14-15H,3-4,9-13H2,1-2H3. The van der Waals surface area contributed by atoms with Crippen molar-refractivity contribution in [2.24, 2.45) is 5.92 Å². The van der Waals surface area contributed by atoms with Crippen molar-refractivity contribution in [3.8, 4) is 11.3 Å². The summed E-state index contributed by atoms with van der Waals surface area (Å²) in [4.78, 5) is 21.5. The Balaban J connectivity index is 1.54. The molecule has 0 N–H and O–H groups in total. The molecule has 0 bridgehead atoms. The molecule has 0 unspecified atom stereocenters. The van der Waals surface area contributed by atoms with Crippen LogP contribution in [0.15, 0.2) is 29.6 Å². The number of halogens is 1. The van der Waals surface area contributed by atoms with E-state index in [0.29, 0.717) is 5.91 Å². The topological polar surface area (TPSA) is 36.4 Å². The third-order valence-corrected chi connectivity index (χ3v) is 5.90. The first kappa shape index (κ1) is 19.0. The predicted octanol–water partition coefficient (Wildman–Crippen LogP) is 4.03. The molecule has 3 rings (SSSR count). The number of carbonyl (C=O) groups is 1. The fourth-order valence-corrected chi connectivity index (χ4v) is 4.20. The second-order valence-electron chi connectivity index (χ2n) is 6.75. The molecule has 1 aromatic heterocycles. The van der Waals surface area contributed by atoms with Gasteiger partial charge >= 0.3 is 0 Å². The lowest BCUT2D eigenvalue weighted by atomic mass is 10.0. The smallest absolute Gasteiger partial charge is 0.225 e. The van der Waals surface area contributed by atoms with Crippen LogP contribution in [0.5, 0.6) is 0 Å². The van der Waals surface area contributed by atoms with E-state index >= 15 is 0 Å². The molecule has 6 heteroatoms. The summed E-state index contributed by atoms with van der Waals surface area (Å²) in [6.45, 7) is 8.34. The van der Waals surface area contributed by atoms with E-state index in [4.69, 9.17) is 0 Å². The number of amides is 1. The number of piperazine rings is 1. The number of carbonyl (C=O) groups excluding carboxylic acids is 1. The third-order valence-electron chi connectivity index (χ3n) is 5.07. The third kappa shape index (κ3) is 4.48. The molecule has 0 radical (unpaired) electrons. The molecule has 1 amide bonds. The molecule has 0 aliphatic carbocycles. The van der Waals surface area contributed by atoms with E-state index in [1.165, 1.54) is 12.1 Å². The molecule has 0 atom stereocenters. The van der Waals surface area contributed by atoms with Gasteiger partial charge in [0, 0.05) is 43.0 Å². The summed E-state index contributed by atoms with van der Waals surface area (Å²) < 4.78 is 13.0. The SMILES string of the molecule is CCC(CC)C(=O)N1CCN(Cc2nc(-c3ccc(F)cc3)cs2)CC1. The maximum Gasteiger partial charge on any atom is 0.225 e. The van der Waals surface area contributed by atoms with Gasteiger partial charge in [0.1, 0.15) is 10.8 Å². The summed E-state index contributed by atoms with van der Waals surface area (Å²) >= 11 is 1.63. The maximum atomic E-state index is 13.0. The largest absolute Gasteiger partial charge is 0.340 e. The Hall–Kier alpha value is -1.79. The van der Waals surface area contributed by atoms with Crippen LogP contribution in [0, 0.1) is 11.7 Å². The van der Waals surface area contributed by atoms with Crippen molar-refractivity contribution >= 4 is 17.2 Å². The van der Waals surface area contributed by atoms with E-state index in [-0.39, 0.29) is 11.7 Å². The van der Waals surface area contributed by atoms with Crippen molar-refractivity contribution in [1.29, 1.82) is 0 Å². The second kappa shape index (κ2) is 8.73. The fourth-order valence-electron chi connectivity index (χ4n) is 3.35. The maximum absolute atomic E-state index is 13.0. The van der Waals surface area contributed by atoms with E-state index in [0.717, 1.165) is 61.8 Å². The molecule has 1 saturated heterocycles. The van der Waals surface area contributed by atoms with Gasteiger partial charge in [-0.15, -0.1) is 11.3 Å². The van der Waals surface area contributed by atoms with Crippen molar-refractivity contribution in [2.45, 2.75) is 33.2 Å². The lowest BCUT2D eigenvalue weighted by molar-refractivity contribution is -0.137. The molecule has 1 aliphatic rings. The Kier molecular flexibility index (Phi) is 6.38. The highest BCUT2D eigenvalue weighted by atomic mass is 32.1. The van der Waals surface area contributed by atoms with Gasteiger partial charge in [-0.05, 0) is 37.1 Å². The summed E-state index contributed by atoms with van der Waals surface area (Å²) in [5.41, 5.74) is 1.84. The number of rotatable bonds is 6. The van der Waals surface area contributed by atoms with Gasteiger partial charge in [-0.3, -0.25) is 9.69 Å². The normalized spacial score (nSPS) is 15.6. The predicted molar refractivity (Wildman–Crippen MR) is 103 cm³/mol. The first-order valence-electron chi connectivity index (χ1n) is 9.32. The zero-order valence-electron chi connectivity index (χ0n) is 15.4. The van der Waals surface area contributed by atoms with Crippen LogP contribution in [-0.4, -0.2) is 46.9 Å². The van der Waals surface area contributed by atoms with E-state index in [1.807, 2.05) is 10.3 Å². The van der Waals surface area contributed by atoms with Crippen LogP contribution in [-0.2, 0) is 11.3 Å². The molecule has 2 heterocycles. The minimum Gasteiger partial charge on any atom is -0.340 e. The van der Waals surface area contributed by atoms with Gasteiger partial charge in [-0.1, -0.05) is 13.8 Å². The van der Waals surface area contributed by atoms with E-state index in [1.54, 1.807) is 23.5 Å².